The van der Waals surface area contributed by atoms with E-state index in [4.69, 9.17) is 5.73 Å². The van der Waals surface area contributed by atoms with E-state index < -0.39 is 11.9 Å². The standard InChI is InChI=1S/C17H26N2O3/c1-5-11(2)12(3)17(22)19(4)15(16(18)21)10-13-6-8-14(20)9-7-13/h6-9,11-12,15,20H,5,10H2,1-4H3,(H2,18,21)/t11-,12-,15-/m0/s1. The maximum Gasteiger partial charge on any atom is 0.240 e. The number of aromatic hydroxyl groups is 1. The second-order valence-electron chi connectivity index (χ2n) is 5.91. The highest BCUT2D eigenvalue weighted by molar-refractivity contribution is 5.87. The van der Waals surface area contributed by atoms with Crippen LogP contribution in [0.3, 0.4) is 0 Å². The molecule has 122 valence electrons. The van der Waals surface area contributed by atoms with Gasteiger partial charge in [-0.2, -0.15) is 0 Å². The molecular formula is C17H26N2O3. The molecule has 3 N–H and O–H groups in total. The normalized spacial score (nSPS) is 14.9. The van der Waals surface area contributed by atoms with Crippen molar-refractivity contribution in [3.8, 4) is 5.75 Å². The fraction of sp³-hybridized carbons (Fsp3) is 0.529. The van der Waals surface area contributed by atoms with Gasteiger partial charge in [0.1, 0.15) is 11.8 Å². The number of rotatable bonds is 7. The Kier molecular flexibility index (Phi) is 6.40. The first-order valence-electron chi connectivity index (χ1n) is 7.61. The summed E-state index contributed by atoms with van der Waals surface area (Å²) in [5.41, 5.74) is 6.32. The number of likely N-dealkylation sites (N-methyl/N-ethyl adjacent to an activating group) is 1. The van der Waals surface area contributed by atoms with Crippen LogP contribution >= 0.6 is 0 Å². The van der Waals surface area contributed by atoms with E-state index in [1.807, 2.05) is 20.8 Å². The minimum absolute atomic E-state index is 0.0723. The average molecular weight is 306 g/mol. The number of hydrogen-bond acceptors (Lipinski definition) is 3. The van der Waals surface area contributed by atoms with Crippen molar-refractivity contribution in [1.82, 2.24) is 4.90 Å². The van der Waals surface area contributed by atoms with Crippen LogP contribution in [0.2, 0.25) is 0 Å². The molecule has 1 aromatic carbocycles. The van der Waals surface area contributed by atoms with Crippen LogP contribution in [0.4, 0.5) is 0 Å². The summed E-state index contributed by atoms with van der Waals surface area (Å²) in [7, 11) is 1.62. The van der Waals surface area contributed by atoms with Crippen LogP contribution in [0.15, 0.2) is 24.3 Å². The van der Waals surface area contributed by atoms with E-state index in [0.717, 1.165) is 12.0 Å². The van der Waals surface area contributed by atoms with Crippen LogP contribution in [0, 0.1) is 11.8 Å². The van der Waals surface area contributed by atoms with Crippen molar-refractivity contribution in [3.05, 3.63) is 29.8 Å². The molecule has 3 atom stereocenters. The van der Waals surface area contributed by atoms with Crippen LogP contribution < -0.4 is 5.73 Å². The van der Waals surface area contributed by atoms with Crippen LogP contribution in [-0.4, -0.2) is 34.9 Å². The predicted octanol–water partition coefficient (Wildman–Crippen LogP) is 1.93. The number of phenols is 1. The summed E-state index contributed by atoms with van der Waals surface area (Å²) in [6.07, 6.45) is 1.24. The number of amides is 2. The smallest absolute Gasteiger partial charge is 0.240 e. The van der Waals surface area contributed by atoms with Gasteiger partial charge in [0.15, 0.2) is 0 Å². The van der Waals surface area contributed by atoms with Gasteiger partial charge in [-0.3, -0.25) is 9.59 Å². The average Bonchev–Trinajstić information content (AvgIpc) is 2.51. The summed E-state index contributed by atoms with van der Waals surface area (Å²) in [6.45, 7) is 5.94. The van der Waals surface area contributed by atoms with E-state index in [1.165, 1.54) is 4.90 Å². The van der Waals surface area contributed by atoms with Crippen molar-refractivity contribution >= 4 is 11.8 Å². The minimum Gasteiger partial charge on any atom is -0.508 e. The summed E-state index contributed by atoms with van der Waals surface area (Å²) in [4.78, 5) is 25.7. The lowest BCUT2D eigenvalue weighted by atomic mass is 9.91. The number of benzene rings is 1. The molecule has 22 heavy (non-hydrogen) atoms. The first-order chi connectivity index (χ1) is 10.3. The SMILES string of the molecule is CC[C@H](C)[C@H](C)C(=O)N(C)[C@@H](Cc1ccc(O)cc1)C(N)=O. The molecule has 0 bridgehead atoms. The Balaban J connectivity index is 2.88. The quantitative estimate of drug-likeness (QED) is 0.807. The van der Waals surface area contributed by atoms with E-state index in [-0.39, 0.29) is 23.5 Å². The van der Waals surface area contributed by atoms with Gasteiger partial charge in [0.05, 0.1) is 0 Å². The van der Waals surface area contributed by atoms with Crippen LogP contribution in [0.1, 0.15) is 32.8 Å². The van der Waals surface area contributed by atoms with E-state index in [0.29, 0.717) is 6.42 Å². The Bertz CT molecular complexity index is 513. The van der Waals surface area contributed by atoms with Gasteiger partial charge in [0, 0.05) is 19.4 Å². The number of phenolic OH excluding ortho intramolecular Hbond substituents is 1. The molecular weight excluding hydrogens is 280 g/mol. The fourth-order valence-electron chi connectivity index (χ4n) is 2.36. The maximum atomic E-state index is 12.5. The minimum atomic E-state index is -0.691. The third-order valence-corrected chi connectivity index (χ3v) is 4.40. The first kappa shape index (κ1) is 18.0. The Morgan fingerprint density at radius 1 is 1.23 bits per heavy atom. The number of carbonyl (C=O) groups excluding carboxylic acids is 2. The summed E-state index contributed by atoms with van der Waals surface area (Å²) in [5, 5.41) is 9.30. The highest BCUT2D eigenvalue weighted by Gasteiger charge is 2.30. The maximum absolute atomic E-state index is 12.5. The third kappa shape index (κ3) is 4.48. The molecule has 0 heterocycles. The molecule has 5 heteroatoms. The summed E-state index contributed by atoms with van der Waals surface area (Å²) < 4.78 is 0. The molecule has 0 aliphatic carbocycles. The Hall–Kier alpha value is -2.04. The molecule has 1 rings (SSSR count). The zero-order valence-electron chi connectivity index (χ0n) is 13.7. The zero-order chi connectivity index (χ0) is 16.9. The van der Waals surface area contributed by atoms with Crippen LogP contribution in [0.25, 0.3) is 0 Å². The van der Waals surface area contributed by atoms with E-state index in [9.17, 15) is 14.7 Å². The van der Waals surface area contributed by atoms with Crippen LogP contribution in [-0.2, 0) is 16.0 Å². The van der Waals surface area contributed by atoms with Crippen molar-refractivity contribution < 1.29 is 14.7 Å². The largest absolute Gasteiger partial charge is 0.508 e. The highest BCUT2D eigenvalue weighted by atomic mass is 16.3. The van der Waals surface area contributed by atoms with Gasteiger partial charge in [-0.05, 0) is 23.6 Å². The Labute approximate surface area is 132 Å². The monoisotopic (exact) mass is 306 g/mol. The molecule has 0 aromatic heterocycles. The number of nitrogens with two attached hydrogens (primary N) is 1. The summed E-state index contributed by atoms with van der Waals surface area (Å²) >= 11 is 0. The molecule has 0 fully saturated rings. The highest BCUT2D eigenvalue weighted by Crippen LogP contribution is 2.19. The molecule has 0 aliphatic heterocycles. The lowest BCUT2D eigenvalue weighted by molar-refractivity contribution is -0.141. The molecule has 0 unspecified atom stereocenters. The van der Waals surface area contributed by atoms with Crippen molar-refractivity contribution in [2.75, 3.05) is 7.05 Å². The van der Waals surface area contributed by atoms with Crippen LogP contribution in [0.5, 0.6) is 5.75 Å². The van der Waals surface area contributed by atoms with Crippen molar-refractivity contribution in [2.24, 2.45) is 17.6 Å². The van der Waals surface area contributed by atoms with Gasteiger partial charge in [-0.25, -0.2) is 0 Å². The summed E-state index contributed by atoms with van der Waals surface area (Å²) in [6, 6.07) is 5.86. The van der Waals surface area contributed by atoms with Gasteiger partial charge in [-0.15, -0.1) is 0 Å². The van der Waals surface area contributed by atoms with Crippen molar-refractivity contribution in [3.63, 3.8) is 0 Å². The van der Waals surface area contributed by atoms with E-state index >= 15 is 0 Å². The molecule has 2 amide bonds. The molecule has 1 aromatic rings. The number of carbonyl (C=O) groups is 2. The summed E-state index contributed by atoms with van der Waals surface area (Å²) in [5.74, 6) is -0.347. The fourth-order valence-corrected chi connectivity index (χ4v) is 2.36. The van der Waals surface area contributed by atoms with Gasteiger partial charge in [-0.1, -0.05) is 39.3 Å². The lowest BCUT2D eigenvalue weighted by Crippen LogP contribution is -2.49. The number of hydrogen-bond donors (Lipinski definition) is 2. The van der Waals surface area contributed by atoms with E-state index in [1.54, 1.807) is 31.3 Å². The number of nitrogens with zero attached hydrogens (tertiary/aromatic N) is 1. The molecule has 0 saturated carbocycles. The van der Waals surface area contributed by atoms with Gasteiger partial charge in [0.2, 0.25) is 11.8 Å². The second-order valence-corrected chi connectivity index (χ2v) is 5.91. The third-order valence-electron chi connectivity index (χ3n) is 4.40. The second kappa shape index (κ2) is 7.82. The van der Waals surface area contributed by atoms with Crippen molar-refractivity contribution in [1.29, 1.82) is 0 Å². The Morgan fingerprint density at radius 3 is 2.23 bits per heavy atom. The lowest BCUT2D eigenvalue weighted by Gasteiger charge is -2.30. The molecule has 0 spiro atoms. The predicted molar refractivity (Wildman–Crippen MR) is 86.2 cm³/mol. The van der Waals surface area contributed by atoms with E-state index in [2.05, 4.69) is 0 Å². The van der Waals surface area contributed by atoms with Gasteiger partial charge in [0.25, 0.3) is 0 Å². The first-order valence-corrected chi connectivity index (χ1v) is 7.61. The Morgan fingerprint density at radius 2 is 1.77 bits per heavy atom. The number of primary amides is 1. The molecule has 5 nitrogen and oxygen atoms in total. The van der Waals surface area contributed by atoms with Crippen molar-refractivity contribution in [2.45, 2.75) is 39.7 Å². The van der Waals surface area contributed by atoms with Gasteiger partial charge < -0.3 is 15.7 Å². The van der Waals surface area contributed by atoms with Gasteiger partial charge >= 0.3 is 0 Å². The zero-order valence-corrected chi connectivity index (χ0v) is 13.7. The molecule has 0 aliphatic rings. The molecule has 0 saturated heterocycles. The topological polar surface area (TPSA) is 83.6 Å². The molecule has 0 radical (unpaired) electrons.